The zero-order valence-electron chi connectivity index (χ0n) is 16.5. The van der Waals surface area contributed by atoms with Crippen LogP contribution in [0.5, 0.6) is 11.8 Å². The second-order valence-electron chi connectivity index (χ2n) is 7.10. The number of amides is 1. The molecule has 7 nitrogen and oxygen atoms in total. The van der Waals surface area contributed by atoms with Crippen LogP contribution in [0.2, 0.25) is 0 Å². The van der Waals surface area contributed by atoms with Crippen molar-refractivity contribution in [2.24, 2.45) is 5.41 Å². The van der Waals surface area contributed by atoms with Gasteiger partial charge in [0.05, 0.1) is 12.2 Å². The number of nitrogens with one attached hydrogen (secondary N) is 1. The van der Waals surface area contributed by atoms with E-state index in [1.807, 2.05) is 45.0 Å². The van der Waals surface area contributed by atoms with E-state index in [9.17, 15) is 9.59 Å². The van der Waals surface area contributed by atoms with Crippen LogP contribution in [0.1, 0.15) is 38.1 Å². The molecule has 0 radical (unpaired) electrons. The van der Waals surface area contributed by atoms with Gasteiger partial charge in [0.2, 0.25) is 0 Å². The zero-order chi connectivity index (χ0) is 20.6. The Bertz CT molecular complexity index is 812. The van der Waals surface area contributed by atoms with Crippen LogP contribution in [0.4, 0.5) is 0 Å². The maximum absolute atomic E-state index is 12.5. The second-order valence-corrected chi connectivity index (χ2v) is 7.10. The van der Waals surface area contributed by atoms with Crippen molar-refractivity contribution in [2.75, 3.05) is 6.61 Å². The van der Waals surface area contributed by atoms with Crippen molar-refractivity contribution in [1.82, 2.24) is 15.3 Å². The Morgan fingerprint density at radius 1 is 1.14 bits per heavy atom. The standard InChI is InChI=1S/C21H25N3O4/c1-5-27-19(26)17(11-12-21(2,3)4)24-18(25)15-13-22-20(23-14-15)28-16-9-7-6-8-10-16/h6-14,17H,5H2,1-4H3,(H,24,25). The van der Waals surface area contributed by atoms with E-state index in [0.29, 0.717) is 5.75 Å². The van der Waals surface area contributed by atoms with Gasteiger partial charge in [0, 0.05) is 12.4 Å². The number of carbonyl (C=O) groups is 2. The minimum Gasteiger partial charge on any atom is -0.464 e. The summed E-state index contributed by atoms with van der Waals surface area (Å²) in [6, 6.07) is 8.31. The van der Waals surface area contributed by atoms with Crippen LogP contribution in [0.25, 0.3) is 0 Å². The third-order valence-electron chi connectivity index (χ3n) is 3.46. The van der Waals surface area contributed by atoms with Gasteiger partial charge < -0.3 is 14.8 Å². The summed E-state index contributed by atoms with van der Waals surface area (Å²) < 4.78 is 10.5. The first-order chi connectivity index (χ1) is 13.3. The van der Waals surface area contributed by atoms with E-state index in [4.69, 9.17) is 9.47 Å². The molecule has 0 spiro atoms. The first-order valence-corrected chi connectivity index (χ1v) is 9.00. The van der Waals surface area contributed by atoms with E-state index < -0.39 is 17.9 Å². The highest BCUT2D eigenvalue weighted by Crippen LogP contribution is 2.17. The van der Waals surface area contributed by atoms with Crippen LogP contribution in [0.15, 0.2) is 54.9 Å². The van der Waals surface area contributed by atoms with Gasteiger partial charge in [-0.2, -0.15) is 0 Å². The summed E-state index contributed by atoms with van der Waals surface area (Å²) in [5, 5.41) is 2.64. The molecule has 1 amide bonds. The minimum atomic E-state index is -0.896. The molecule has 0 fully saturated rings. The average molecular weight is 383 g/mol. The fourth-order valence-corrected chi connectivity index (χ4v) is 2.11. The largest absolute Gasteiger partial charge is 0.464 e. The first kappa shape index (κ1) is 21.1. The number of aromatic nitrogens is 2. The van der Waals surface area contributed by atoms with Crippen molar-refractivity contribution < 1.29 is 19.1 Å². The van der Waals surface area contributed by atoms with Gasteiger partial charge in [-0.3, -0.25) is 4.79 Å². The highest BCUT2D eigenvalue weighted by molar-refractivity contribution is 5.96. The first-order valence-electron chi connectivity index (χ1n) is 9.00. The van der Waals surface area contributed by atoms with Crippen LogP contribution in [0, 0.1) is 5.41 Å². The maximum atomic E-state index is 12.5. The quantitative estimate of drug-likeness (QED) is 0.581. The number of allylic oxidation sites excluding steroid dienone is 1. The Labute approximate surface area is 164 Å². The van der Waals surface area contributed by atoms with Crippen molar-refractivity contribution in [3.05, 3.63) is 60.4 Å². The summed E-state index contributed by atoms with van der Waals surface area (Å²) in [6.45, 7) is 7.92. The number of ether oxygens (including phenoxy) is 2. The molecule has 28 heavy (non-hydrogen) atoms. The third kappa shape index (κ3) is 6.83. The number of nitrogens with zero attached hydrogens (tertiary/aromatic N) is 2. The number of hydrogen-bond donors (Lipinski definition) is 1. The summed E-state index contributed by atoms with van der Waals surface area (Å²) in [4.78, 5) is 32.7. The van der Waals surface area contributed by atoms with Gasteiger partial charge in [-0.05, 0) is 24.5 Å². The van der Waals surface area contributed by atoms with E-state index >= 15 is 0 Å². The molecular weight excluding hydrogens is 358 g/mol. The van der Waals surface area contributed by atoms with Gasteiger partial charge in [-0.15, -0.1) is 0 Å². The molecule has 1 heterocycles. The lowest BCUT2D eigenvalue weighted by Gasteiger charge is -2.17. The smallest absolute Gasteiger partial charge is 0.332 e. The number of carbonyl (C=O) groups excluding carboxylic acids is 2. The zero-order valence-corrected chi connectivity index (χ0v) is 16.5. The summed E-state index contributed by atoms with van der Waals surface area (Å²) in [5.41, 5.74) is 0.0634. The molecule has 1 unspecified atom stereocenters. The van der Waals surface area contributed by atoms with Gasteiger partial charge in [-0.25, -0.2) is 14.8 Å². The molecule has 1 aromatic carbocycles. The van der Waals surface area contributed by atoms with Gasteiger partial charge in [-0.1, -0.05) is 51.1 Å². The molecule has 0 aliphatic heterocycles. The van der Waals surface area contributed by atoms with Crippen molar-refractivity contribution in [3.8, 4) is 11.8 Å². The third-order valence-corrected chi connectivity index (χ3v) is 3.46. The van der Waals surface area contributed by atoms with Crippen molar-refractivity contribution in [2.45, 2.75) is 33.7 Å². The summed E-state index contributed by atoms with van der Waals surface area (Å²) in [5.74, 6) is -0.418. The lowest BCUT2D eigenvalue weighted by molar-refractivity contribution is -0.144. The van der Waals surface area contributed by atoms with Gasteiger partial charge >= 0.3 is 12.0 Å². The maximum Gasteiger partial charge on any atom is 0.332 e. The Morgan fingerprint density at radius 3 is 2.36 bits per heavy atom. The molecule has 2 aromatic rings. The second kappa shape index (κ2) is 9.64. The number of esters is 1. The Kier molecular flexibility index (Phi) is 7.26. The van der Waals surface area contributed by atoms with Crippen LogP contribution in [0.3, 0.4) is 0 Å². The topological polar surface area (TPSA) is 90.4 Å². The van der Waals surface area contributed by atoms with E-state index in [2.05, 4.69) is 15.3 Å². The fourth-order valence-electron chi connectivity index (χ4n) is 2.11. The van der Waals surface area contributed by atoms with E-state index in [1.54, 1.807) is 25.1 Å². The van der Waals surface area contributed by atoms with Crippen molar-refractivity contribution >= 4 is 11.9 Å². The Morgan fingerprint density at radius 2 is 1.79 bits per heavy atom. The molecule has 0 saturated heterocycles. The van der Waals surface area contributed by atoms with E-state index in [-0.39, 0.29) is 23.6 Å². The highest BCUT2D eigenvalue weighted by atomic mass is 16.5. The lowest BCUT2D eigenvalue weighted by Crippen LogP contribution is -2.40. The predicted molar refractivity (Wildman–Crippen MR) is 105 cm³/mol. The molecule has 7 heteroatoms. The Balaban J connectivity index is 2.07. The van der Waals surface area contributed by atoms with Crippen molar-refractivity contribution in [1.29, 1.82) is 0 Å². The average Bonchev–Trinajstić information content (AvgIpc) is 2.66. The molecule has 1 N–H and O–H groups in total. The van der Waals surface area contributed by atoms with Crippen molar-refractivity contribution in [3.63, 3.8) is 0 Å². The Hall–Kier alpha value is -3.22. The SMILES string of the molecule is CCOC(=O)C(C=CC(C)(C)C)NC(=O)c1cnc(Oc2ccccc2)nc1. The number of para-hydroxylation sites is 1. The molecule has 2 rings (SSSR count). The number of rotatable bonds is 7. The summed E-state index contributed by atoms with van der Waals surface area (Å²) in [7, 11) is 0. The highest BCUT2D eigenvalue weighted by Gasteiger charge is 2.21. The fraction of sp³-hybridized carbons (Fsp3) is 0.333. The molecule has 0 saturated carbocycles. The molecular formula is C21H25N3O4. The molecule has 148 valence electrons. The molecule has 0 bridgehead atoms. The molecule has 1 aromatic heterocycles. The minimum absolute atomic E-state index is 0.123. The van der Waals surface area contributed by atoms with E-state index in [1.165, 1.54) is 12.4 Å². The van der Waals surface area contributed by atoms with E-state index in [0.717, 1.165) is 0 Å². The van der Waals surface area contributed by atoms with Crippen LogP contribution < -0.4 is 10.1 Å². The van der Waals surface area contributed by atoms with Gasteiger partial charge in [0.15, 0.2) is 0 Å². The predicted octanol–water partition coefficient (Wildman–Crippen LogP) is 3.53. The number of benzene rings is 1. The lowest BCUT2D eigenvalue weighted by atomic mass is 9.95. The molecule has 0 aliphatic carbocycles. The van der Waals surface area contributed by atoms with Crippen LogP contribution in [-0.4, -0.2) is 34.5 Å². The summed E-state index contributed by atoms with van der Waals surface area (Å²) in [6.07, 6.45) is 6.17. The van der Waals surface area contributed by atoms with Crippen LogP contribution >= 0.6 is 0 Å². The van der Waals surface area contributed by atoms with Crippen LogP contribution in [-0.2, 0) is 9.53 Å². The summed E-state index contributed by atoms with van der Waals surface area (Å²) >= 11 is 0. The normalized spacial score (nSPS) is 12.4. The monoisotopic (exact) mass is 383 g/mol. The number of hydrogen-bond acceptors (Lipinski definition) is 6. The van der Waals surface area contributed by atoms with Gasteiger partial charge in [0.25, 0.3) is 5.91 Å². The molecule has 1 atom stereocenters. The molecule has 0 aliphatic rings. The van der Waals surface area contributed by atoms with Gasteiger partial charge in [0.1, 0.15) is 11.8 Å².